The fourth-order valence-electron chi connectivity index (χ4n) is 3.95. The second-order valence-electron chi connectivity index (χ2n) is 6.44. The molecule has 0 spiro atoms. The smallest absolute Gasteiger partial charge is 0.0948 e. The third kappa shape index (κ3) is 3.15. The number of imidazole rings is 1. The lowest BCUT2D eigenvalue weighted by Crippen LogP contribution is -2.38. The molecule has 0 aliphatic carbocycles. The van der Waals surface area contributed by atoms with Gasteiger partial charge in [-0.3, -0.25) is 9.80 Å². The van der Waals surface area contributed by atoms with Crippen molar-refractivity contribution in [3.05, 3.63) is 18.2 Å². The van der Waals surface area contributed by atoms with Crippen LogP contribution in [0.3, 0.4) is 0 Å². The minimum Gasteiger partial charge on any atom is -0.333 e. The van der Waals surface area contributed by atoms with E-state index in [1.54, 1.807) is 0 Å². The summed E-state index contributed by atoms with van der Waals surface area (Å²) in [6.45, 7) is 8.84. The van der Waals surface area contributed by atoms with Gasteiger partial charge in [-0.2, -0.15) is 0 Å². The van der Waals surface area contributed by atoms with Crippen LogP contribution in [0, 0.1) is 0 Å². The molecule has 5 nitrogen and oxygen atoms in total. The summed E-state index contributed by atoms with van der Waals surface area (Å²) in [5.74, 6) is 0. The Balaban J connectivity index is 1.67. The van der Waals surface area contributed by atoms with Gasteiger partial charge in [0.15, 0.2) is 0 Å². The van der Waals surface area contributed by atoms with Crippen LogP contribution in [0.4, 0.5) is 0 Å². The van der Waals surface area contributed by atoms with Crippen molar-refractivity contribution in [2.75, 3.05) is 32.7 Å². The van der Waals surface area contributed by atoms with Crippen LogP contribution in [-0.2, 0) is 6.54 Å². The summed E-state index contributed by atoms with van der Waals surface area (Å²) in [6.07, 6.45) is 9.14. The normalized spacial score (nSPS) is 25.7. The molecule has 0 amide bonds. The van der Waals surface area contributed by atoms with Gasteiger partial charge in [0.25, 0.3) is 0 Å². The summed E-state index contributed by atoms with van der Waals surface area (Å²) < 4.78 is 2.28. The molecule has 2 aliphatic heterocycles. The lowest BCUT2D eigenvalue weighted by Gasteiger charge is -2.29. The molecule has 5 heteroatoms. The number of hydrogen-bond acceptors (Lipinski definition) is 4. The monoisotopic (exact) mass is 291 g/mol. The van der Waals surface area contributed by atoms with Gasteiger partial charge in [0.2, 0.25) is 0 Å². The van der Waals surface area contributed by atoms with Crippen molar-refractivity contribution in [3.63, 3.8) is 0 Å². The molecule has 2 fully saturated rings. The van der Waals surface area contributed by atoms with Crippen LogP contribution in [0.15, 0.2) is 12.5 Å². The van der Waals surface area contributed by atoms with E-state index in [4.69, 9.17) is 5.73 Å². The molecule has 2 N–H and O–H groups in total. The lowest BCUT2D eigenvalue weighted by atomic mass is 10.2. The van der Waals surface area contributed by atoms with Gasteiger partial charge in [0.05, 0.1) is 18.1 Å². The van der Waals surface area contributed by atoms with Gasteiger partial charge in [-0.25, -0.2) is 4.98 Å². The minimum absolute atomic E-state index is 0.326. The summed E-state index contributed by atoms with van der Waals surface area (Å²) in [4.78, 5) is 9.60. The maximum absolute atomic E-state index is 6.11. The van der Waals surface area contributed by atoms with E-state index in [1.807, 2.05) is 12.5 Å². The Morgan fingerprint density at radius 1 is 1.33 bits per heavy atom. The van der Waals surface area contributed by atoms with E-state index in [-0.39, 0.29) is 0 Å². The van der Waals surface area contributed by atoms with Crippen molar-refractivity contribution in [1.82, 2.24) is 19.4 Å². The number of hydrogen-bond donors (Lipinski definition) is 1. The fourth-order valence-corrected chi connectivity index (χ4v) is 3.95. The standard InChI is InChI=1S/C16H29N5/c1-2-6-21-13-18-11-16(21)15(10-17)20-9-5-14(12-20)19-7-3-4-8-19/h11,13-15H,2-10,12,17H2,1H3. The van der Waals surface area contributed by atoms with Crippen molar-refractivity contribution in [3.8, 4) is 0 Å². The zero-order valence-corrected chi connectivity index (χ0v) is 13.2. The number of rotatable bonds is 6. The van der Waals surface area contributed by atoms with Crippen molar-refractivity contribution in [2.24, 2.45) is 5.73 Å². The molecular weight excluding hydrogens is 262 g/mol. The number of aromatic nitrogens is 2. The highest BCUT2D eigenvalue weighted by Crippen LogP contribution is 2.28. The van der Waals surface area contributed by atoms with Crippen LogP contribution < -0.4 is 5.73 Å². The number of nitrogens with zero attached hydrogens (tertiary/aromatic N) is 4. The second kappa shape index (κ2) is 6.90. The first kappa shape index (κ1) is 15.0. The molecular formula is C16H29N5. The van der Waals surface area contributed by atoms with Crippen molar-refractivity contribution in [1.29, 1.82) is 0 Å². The van der Waals surface area contributed by atoms with Gasteiger partial charge in [-0.1, -0.05) is 6.92 Å². The lowest BCUT2D eigenvalue weighted by molar-refractivity contribution is 0.198. The third-order valence-corrected chi connectivity index (χ3v) is 5.07. The highest BCUT2D eigenvalue weighted by Gasteiger charge is 2.33. The second-order valence-corrected chi connectivity index (χ2v) is 6.44. The Kier molecular flexibility index (Phi) is 4.93. The maximum atomic E-state index is 6.11. The predicted molar refractivity (Wildman–Crippen MR) is 85.1 cm³/mol. The third-order valence-electron chi connectivity index (χ3n) is 5.07. The SMILES string of the molecule is CCCn1cncc1C(CN)N1CCC(N2CCCC2)C1. The maximum Gasteiger partial charge on any atom is 0.0948 e. The summed E-state index contributed by atoms with van der Waals surface area (Å²) in [6, 6.07) is 1.07. The average molecular weight is 291 g/mol. The molecule has 2 saturated heterocycles. The highest BCUT2D eigenvalue weighted by atomic mass is 15.3. The van der Waals surface area contributed by atoms with Crippen LogP contribution >= 0.6 is 0 Å². The van der Waals surface area contributed by atoms with E-state index in [0.717, 1.165) is 19.0 Å². The minimum atomic E-state index is 0.326. The Hall–Kier alpha value is -0.910. The van der Waals surface area contributed by atoms with Crippen molar-refractivity contribution < 1.29 is 0 Å². The Bertz CT molecular complexity index is 438. The first-order valence-corrected chi connectivity index (χ1v) is 8.51. The zero-order valence-electron chi connectivity index (χ0n) is 13.2. The number of nitrogens with two attached hydrogens (primary N) is 1. The van der Waals surface area contributed by atoms with E-state index >= 15 is 0 Å². The Morgan fingerprint density at radius 2 is 2.14 bits per heavy atom. The summed E-state index contributed by atoms with van der Waals surface area (Å²) in [7, 11) is 0. The van der Waals surface area contributed by atoms with E-state index < -0.39 is 0 Å². The molecule has 3 rings (SSSR count). The molecule has 1 aromatic heterocycles. The summed E-state index contributed by atoms with van der Waals surface area (Å²) >= 11 is 0. The van der Waals surface area contributed by atoms with Crippen LogP contribution in [-0.4, -0.2) is 58.1 Å². The van der Waals surface area contributed by atoms with E-state index in [9.17, 15) is 0 Å². The number of aryl methyl sites for hydroxylation is 1. The van der Waals surface area contributed by atoms with Gasteiger partial charge in [-0.05, 0) is 38.8 Å². The van der Waals surface area contributed by atoms with Gasteiger partial charge in [0.1, 0.15) is 0 Å². The van der Waals surface area contributed by atoms with Crippen molar-refractivity contribution >= 4 is 0 Å². The van der Waals surface area contributed by atoms with Gasteiger partial charge >= 0.3 is 0 Å². The van der Waals surface area contributed by atoms with E-state index in [0.29, 0.717) is 12.6 Å². The van der Waals surface area contributed by atoms with Crippen LogP contribution in [0.1, 0.15) is 44.3 Å². The Labute approximate surface area is 128 Å². The summed E-state index contributed by atoms with van der Waals surface area (Å²) in [5, 5.41) is 0. The molecule has 0 saturated carbocycles. The van der Waals surface area contributed by atoms with E-state index in [2.05, 4.69) is 26.3 Å². The van der Waals surface area contributed by atoms with E-state index in [1.165, 1.54) is 51.1 Å². The first-order chi connectivity index (χ1) is 10.3. The molecule has 2 atom stereocenters. The van der Waals surface area contributed by atoms with Gasteiger partial charge in [0, 0.05) is 38.4 Å². The molecule has 0 aromatic carbocycles. The molecule has 2 unspecified atom stereocenters. The number of likely N-dealkylation sites (tertiary alicyclic amines) is 2. The molecule has 0 bridgehead atoms. The van der Waals surface area contributed by atoms with Crippen molar-refractivity contribution in [2.45, 2.75) is 51.2 Å². The zero-order chi connectivity index (χ0) is 14.7. The largest absolute Gasteiger partial charge is 0.333 e. The molecule has 2 aliphatic rings. The van der Waals surface area contributed by atoms with Gasteiger partial charge in [-0.15, -0.1) is 0 Å². The molecule has 3 heterocycles. The molecule has 1 aromatic rings. The quantitative estimate of drug-likeness (QED) is 0.862. The van der Waals surface area contributed by atoms with Crippen LogP contribution in [0.5, 0.6) is 0 Å². The van der Waals surface area contributed by atoms with Crippen LogP contribution in [0.25, 0.3) is 0 Å². The highest BCUT2D eigenvalue weighted by molar-refractivity contribution is 5.08. The average Bonchev–Trinajstić information content (AvgIpc) is 3.21. The molecule has 21 heavy (non-hydrogen) atoms. The molecule has 118 valence electrons. The predicted octanol–water partition coefficient (Wildman–Crippen LogP) is 1.46. The Morgan fingerprint density at radius 3 is 2.86 bits per heavy atom. The first-order valence-electron chi connectivity index (χ1n) is 8.51. The van der Waals surface area contributed by atoms with Gasteiger partial charge < -0.3 is 10.3 Å². The fraction of sp³-hybridized carbons (Fsp3) is 0.812. The van der Waals surface area contributed by atoms with Crippen LogP contribution in [0.2, 0.25) is 0 Å². The molecule has 0 radical (unpaired) electrons. The topological polar surface area (TPSA) is 50.3 Å². The summed E-state index contributed by atoms with van der Waals surface area (Å²) in [5.41, 5.74) is 7.40.